The maximum absolute atomic E-state index is 4.55. The fraction of sp³-hybridized carbons (Fsp3) is 0.312. The van der Waals surface area contributed by atoms with E-state index < -0.39 is 0 Å². The van der Waals surface area contributed by atoms with E-state index in [1.165, 1.54) is 29.7 Å². The van der Waals surface area contributed by atoms with Gasteiger partial charge in [0.25, 0.3) is 0 Å². The summed E-state index contributed by atoms with van der Waals surface area (Å²) in [5.74, 6) is 0.572. The van der Waals surface area contributed by atoms with Gasteiger partial charge in [0.2, 0.25) is 0 Å². The van der Waals surface area contributed by atoms with E-state index in [0.717, 1.165) is 13.1 Å². The molecule has 2 nitrogen and oxygen atoms in total. The van der Waals surface area contributed by atoms with Crippen molar-refractivity contribution in [1.82, 2.24) is 10.3 Å². The second-order valence-corrected chi connectivity index (χ2v) is 4.88. The number of rotatable bonds is 2. The van der Waals surface area contributed by atoms with Crippen molar-refractivity contribution in [3.63, 3.8) is 0 Å². The predicted molar refractivity (Wildman–Crippen MR) is 74.5 cm³/mol. The molecule has 1 aliphatic rings. The molecule has 0 aliphatic carbocycles. The summed E-state index contributed by atoms with van der Waals surface area (Å²) in [6.45, 7) is 2.21. The SMILES string of the molecule is c1ccc(-c2ccnc(C3CCCNC3)c2)cc1. The Bertz CT molecular complexity index is 502. The number of benzene rings is 1. The van der Waals surface area contributed by atoms with Crippen molar-refractivity contribution in [2.75, 3.05) is 13.1 Å². The van der Waals surface area contributed by atoms with E-state index in [2.05, 4.69) is 52.8 Å². The van der Waals surface area contributed by atoms with Crippen LogP contribution in [0.4, 0.5) is 0 Å². The Kier molecular flexibility index (Phi) is 3.37. The third kappa shape index (κ3) is 2.44. The first-order valence-corrected chi connectivity index (χ1v) is 6.65. The van der Waals surface area contributed by atoms with Crippen LogP contribution in [0.15, 0.2) is 48.7 Å². The molecule has 0 radical (unpaired) electrons. The fourth-order valence-electron chi connectivity index (χ4n) is 2.59. The number of piperidine rings is 1. The summed E-state index contributed by atoms with van der Waals surface area (Å²) in [4.78, 5) is 4.55. The Morgan fingerprint density at radius 2 is 1.94 bits per heavy atom. The van der Waals surface area contributed by atoms with Crippen molar-refractivity contribution in [1.29, 1.82) is 0 Å². The maximum Gasteiger partial charge on any atom is 0.0453 e. The number of nitrogens with zero attached hydrogens (tertiary/aromatic N) is 1. The summed E-state index contributed by atoms with van der Waals surface area (Å²) in [6.07, 6.45) is 4.44. The lowest BCUT2D eigenvalue weighted by Crippen LogP contribution is -2.28. The van der Waals surface area contributed by atoms with E-state index in [-0.39, 0.29) is 0 Å². The number of hydrogen-bond donors (Lipinski definition) is 1. The van der Waals surface area contributed by atoms with E-state index >= 15 is 0 Å². The van der Waals surface area contributed by atoms with Gasteiger partial charge in [-0.1, -0.05) is 30.3 Å². The van der Waals surface area contributed by atoms with Crippen molar-refractivity contribution >= 4 is 0 Å². The van der Waals surface area contributed by atoms with Crippen LogP contribution in [0.1, 0.15) is 24.5 Å². The summed E-state index contributed by atoms with van der Waals surface area (Å²) in [5, 5.41) is 3.45. The summed E-state index contributed by atoms with van der Waals surface area (Å²) >= 11 is 0. The van der Waals surface area contributed by atoms with Gasteiger partial charge in [-0.25, -0.2) is 0 Å². The average Bonchev–Trinajstić information content (AvgIpc) is 2.49. The van der Waals surface area contributed by atoms with Crippen LogP contribution in [0.5, 0.6) is 0 Å². The smallest absolute Gasteiger partial charge is 0.0453 e. The van der Waals surface area contributed by atoms with Gasteiger partial charge >= 0.3 is 0 Å². The van der Waals surface area contributed by atoms with E-state index in [9.17, 15) is 0 Å². The van der Waals surface area contributed by atoms with Gasteiger partial charge in [-0.3, -0.25) is 4.98 Å². The summed E-state index contributed by atoms with van der Waals surface area (Å²) in [7, 11) is 0. The third-order valence-corrected chi connectivity index (χ3v) is 3.60. The second kappa shape index (κ2) is 5.32. The van der Waals surface area contributed by atoms with Crippen LogP contribution >= 0.6 is 0 Å². The molecule has 0 amide bonds. The zero-order valence-corrected chi connectivity index (χ0v) is 10.5. The largest absolute Gasteiger partial charge is 0.316 e. The highest BCUT2D eigenvalue weighted by Crippen LogP contribution is 2.25. The minimum absolute atomic E-state index is 0.572. The molecule has 92 valence electrons. The van der Waals surface area contributed by atoms with Crippen molar-refractivity contribution in [2.45, 2.75) is 18.8 Å². The van der Waals surface area contributed by atoms with E-state index in [1.54, 1.807) is 0 Å². The normalized spacial score (nSPS) is 19.7. The molecule has 1 aromatic carbocycles. The molecule has 0 bridgehead atoms. The molecular weight excluding hydrogens is 220 g/mol. The molecule has 18 heavy (non-hydrogen) atoms. The van der Waals surface area contributed by atoms with E-state index in [4.69, 9.17) is 0 Å². The molecule has 0 spiro atoms. The molecule has 1 saturated heterocycles. The number of aromatic nitrogens is 1. The molecular formula is C16H18N2. The van der Waals surface area contributed by atoms with Crippen LogP contribution in [-0.2, 0) is 0 Å². The topological polar surface area (TPSA) is 24.9 Å². The average molecular weight is 238 g/mol. The van der Waals surface area contributed by atoms with Crippen LogP contribution in [0.25, 0.3) is 11.1 Å². The molecule has 1 N–H and O–H groups in total. The van der Waals surface area contributed by atoms with Gasteiger partial charge in [0.05, 0.1) is 0 Å². The molecule has 2 heteroatoms. The van der Waals surface area contributed by atoms with Gasteiger partial charge in [-0.2, -0.15) is 0 Å². The Hall–Kier alpha value is -1.67. The molecule has 0 saturated carbocycles. The lowest BCUT2D eigenvalue weighted by Gasteiger charge is -2.22. The molecule has 1 atom stereocenters. The molecule has 1 fully saturated rings. The zero-order chi connectivity index (χ0) is 12.2. The maximum atomic E-state index is 4.55. The van der Waals surface area contributed by atoms with E-state index in [1.807, 2.05) is 6.20 Å². The Labute approximate surface area is 108 Å². The van der Waals surface area contributed by atoms with Gasteiger partial charge in [0, 0.05) is 24.4 Å². The summed E-state index contributed by atoms with van der Waals surface area (Å²) in [5.41, 5.74) is 3.76. The van der Waals surface area contributed by atoms with Gasteiger partial charge in [0.15, 0.2) is 0 Å². The van der Waals surface area contributed by atoms with Crippen molar-refractivity contribution in [3.05, 3.63) is 54.4 Å². The summed E-state index contributed by atoms with van der Waals surface area (Å²) in [6, 6.07) is 14.9. The van der Waals surface area contributed by atoms with Crippen molar-refractivity contribution in [3.8, 4) is 11.1 Å². The molecule has 2 aromatic rings. The van der Waals surface area contributed by atoms with Gasteiger partial charge in [0.1, 0.15) is 0 Å². The quantitative estimate of drug-likeness (QED) is 0.869. The molecule has 3 rings (SSSR count). The molecule has 1 aliphatic heterocycles. The standard InChI is InChI=1S/C16H18N2/c1-2-5-13(6-3-1)14-8-10-18-16(11-14)15-7-4-9-17-12-15/h1-3,5-6,8,10-11,15,17H,4,7,9,12H2. The fourth-order valence-corrected chi connectivity index (χ4v) is 2.59. The minimum atomic E-state index is 0.572. The lowest BCUT2D eigenvalue weighted by atomic mass is 9.94. The van der Waals surface area contributed by atoms with Crippen LogP contribution in [0.3, 0.4) is 0 Å². The minimum Gasteiger partial charge on any atom is -0.316 e. The van der Waals surface area contributed by atoms with E-state index in [0.29, 0.717) is 5.92 Å². The van der Waals surface area contributed by atoms with Gasteiger partial charge in [-0.15, -0.1) is 0 Å². The Morgan fingerprint density at radius 3 is 2.72 bits per heavy atom. The van der Waals surface area contributed by atoms with Crippen molar-refractivity contribution in [2.24, 2.45) is 0 Å². The van der Waals surface area contributed by atoms with Gasteiger partial charge < -0.3 is 5.32 Å². The first kappa shape index (κ1) is 11.4. The highest BCUT2D eigenvalue weighted by Gasteiger charge is 2.16. The lowest BCUT2D eigenvalue weighted by molar-refractivity contribution is 0.455. The third-order valence-electron chi connectivity index (χ3n) is 3.60. The second-order valence-electron chi connectivity index (χ2n) is 4.88. The highest BCUT2D eigenvalue weighted by molar-refractivity contribution is 5.63. The Morgan fingerprint density at radius 1 is 1.06 bits per heavy atom. The van der Waals surface area contributed by atoms with Crippen LogP contribution in [-0.4, -0.2) is 18.1 Å². The number of hydrogen-bond acceptors (Lipinski definition) is 2. The van der Waals surface area contributed by atoms with Crippen LogP contribution in [0, 0.1) is 0 Å². The molecule has 1 unspecified atom stereocenters. The predicted octanol–water partition coefficient (Wildman–Crippen LogP) is 3.22. The monoisotopic (exact) mass is 238 g/mol. The summed E-state index contributed by atoms with van der Waals surface area (Å²) < 4.78 is 0. The first-order valence-electron chi connectivity index (χ1n) is 6.65. The van der Waals surface area contributed by atoms with Gasteiger partial charge in [-0.05, 0) is 42.6 Å². The highest BCUT2D eigenvalue weighted by atomic mass is 14.9. The van der Waals surface area contributed by atoms with Crippen molar-refractivity contribution < 1.29 is 0 Å². The number of pyridine rings is 1. The Balaban J connectivity index is 1.89. The van der Waals surface area contributed by atoms with Crippen LogP contribution < -0.4 is 5.32 Å². The molecule has 1 aromatic heterocycles. The first-order chi connectivity index (χ1) is 8.93. The zero-order valence-electron chi connectivity index (χ0n) is 10.5. The molecule has 2 heterocycles. The van der Waals surface area contributed by atoms with Crippen LogP contribution in [0.2, 0.25) is 0 Å². The number of nitrogens with one attached hydrogen (secondary N) is 1.